The van der Waals surface area contributed by atoms with Gasteiger partial charge in [0, 0.05) is 23.5 Å². The van der Waals surface area contributed by atoms with Crippen LogP contribution in [0.5, 0.6) is 5.75 Å². The van der Waals surface area contributed by atoms with E-state index >= 15 is 0 Å². The number of aryl methyl sites for hydroxylation is 1. The highest BCUT2D eigenvalue weighted by Crippen LogP contribution is 2.27. The van der Waals surface area contributed by atoms with E-state index in [1.54, 1.807) is 35.9 Å². The topological polar surface area (TPSA) is 70.9 Å². The maximum atomic E-state index is 9.45. The Morgan fingerprint density at radius 1 is 1.00 bits per heavy atom. The van der Waals surface area contributed by atoms with Crippen molar-refractivity contribution in [2.45, 2.75) is 6.92 Å². The Hall–Kier alpha value is -3.25. The average molecular weight is 360 g/mol. The molecule has 5 nitrogen and oxygen atoms in total. The van der Waals surface area contributed by atoms with Crippen LogP contribution >= 0.6 is 11.3 Å². The summed E-state index contributed by atoms with van der Waals surface area (Å²) in [5.41, 5.74) is 4.79. The molecule has 0 aliphatic rings. The molecule has 0 amide bonds. The first-order valence-electron chi connectivity index (χ1n) is 8.09. The number of aromatic nitrogens is 3. The van der Waals surface area contributed by atoms with E-state index in [4.69, 9.17) is 0 Å². The lowest BCUT2D eigenvalue weighted by molar-refractivity contribution is 0.475. The van der Waals surface area contributed by atoms with E-state index in [1.807, 2.05) is 48.7 Å². The zero-order valence-electron chi connectivity index (χ0n) is 14.0. The van der Waals surface area contributed by atoms with Crippen molar-refractivity contribution in [3.05, 3.63) is 71.9 Å². The van der Waals surface area contributed by atoms with Crippen molar-refractivity contribution in [2.24, 2.45) is 0 Å². The first kappa shape index (κ1) is 16.2. The van der Waals surface area contributed by atoms with E-state index in [-0.39, 0.29) is 5.75 Å². The van der Waals surface area contributed by atoms with Gasteiger partial charge in [-0.2, -0.15) is 0 Å². The highest BCUT2D eigenvalue weighted by atomic mass is 32.1. The van der Waals surface area contributed by atoms with Gasteiger partial charge in [-0.15, -0.1) is 11.3 Å². The fourth-order valence-electron chi connectivity index (χ4n) is 2.62. The summed E-state index contributed by atoms with van der Waals surface area (Å²) in [4.78, 5) is 13.3. The SMILES string of the molecule is Cc1cnc(Nc2cccc(-c3ccc(O)cc3)c2)nc1-c1nccs1. The molecule has 0 saturated carbocycles. The molecule has 0 atom stereocenters. The van der Waals surface area contributed by atoms with Crippen LogP contribution in [0.3, 0.4) is 0 Å². The number of anilines is 2. The molecule has 0 spiro atoms. The lowest BCUT2D eigenvalue weighted by atomic mass is 10.1. The Bertz CT molecular complexity index is 1030. The highest BCUT2D eigenvalue weighted by Gasteiger charge is 2.09. The first-order chi connectivity index (χ1) is 12.7. The normalized spacial score (nSPS) is 10.7. The molecule has 2 N–H and O–H groups in total. The molecule has 2 heterocycles. The Labute approximate surface area is 155 Å². The number of nitrogens with one attached hydrogen (secondary N) is 1. The summed E-state index contributed by atoms with van der Waals surface area (Å²) in [5.74, 6) is 0.787. The van der Waals surface area contributed by atoms with Crippen LogP contribution in [0.4, 0.5) is 11.6 Å². The molecule has 0 bridgehead atoms. The molecular formula is C20H16N4OS. The molecule has 4 aromatic rings. The number of aromatic hydroxyl groups is 1. The predicted octanol–water partition coefficient (Wildman–Crippen LogP) is 5.02. The van der Waals surface area contributed by atoms with Gasteiger partial charge in [-0.1, -0.05) is 24.3 Å². The fourth-order valence-corrected chi connectivity index (χ4v) is 3.31. The van der Waals surface area contributed by atoms with Crippen LogP contribution in [0, 0.1) is 6.92 Å². The second-order valence-corrected chi connectivity index (χ2v) is 6.71. The van der Waals surface area contributed by atoms with Crippen molar-refractivity contribution in [1.29, 1.82) is 0 Å². The lowest BCUT2D eigenvalue weighted by Gasteiger charge is -2.09. The van der Waals surface area contributed by atoms with Crippen molar-refractivity contribution in [3.8, 4) is 27.6 Å². The van der Waals surface area contributed by atoms with Gasteiger partial charge in [-0.25, -0.2) is 15.0 Å². The van der Waals surface area contributed by atoms with E-state index < -0.39 is 0 Å². The van der Waals surface area contributed by atoms with Crippen LogP contribution in [0.2, 0.25) is 0 Å². The van der Waals surface area contributed by atoms with Gasteiger partial charge in [0.15, 0.2) is 0 Å². The summed E-state index contributed by atoms with van der Waals surface area (Å²) in [5, 5.41) is 15.5. The largest absolute Gasteiger partial charge is 0.508 e. The van der Waals surface area contributed by atoms with Gasteiger partial charge in [0.1, 0.15) is 16.5 Å². The Balaban J connectivity index is 1.63. The number of hydrogen-bond acceptors (Lipinski definition) is 6. The summed E-state index contributed by atoms with van der Waals surface area (Å²) in [6.07, 6.45) is 3.58. The van der Waals surface area contributed by atoms with Gasteiger partial charge in [-0.05, 0) is 47.9 Å². The van der Waals surface area contributed by atoms with Crippen molar-refractivity contribution in [2.75, 3.05) is 5.32 Å². The number of hydrogen-bond donors (Lipinski definition) is 2. The first-order valence-corrected chi connectivity index (χ1v) is 8.97. The number of rotatable bonds is 4. The molecule has 4 rings (SSSR count). The van der Waals surface area contributed by atoms with Gasteiger partial charge in [0.2, 0.25) is 5.95 Å². The maximum Gasteiger partial charge on any atom is 0.227 e. The minimum atomic E-state index is 0.255. The molecule has 128 valence electrons. The van der Waals surface area contributed by atoms with E-state index in [9.17, 15) is 5.11 Å². The van der Waals surface area contributed by atoms with E-state index in [2.05, 4.69) is 20.3 Å². The molecule has 2 aromatic carbocycles. The Kier molecular flexibility index (Phi) is 4.33. The minimum absolute atomic E-state index is 0.255. The maximum absolute atomic E-state index is 9.45. The number of benzene rings is 2. The predicted molar refractivity (Wildman–Crippen MR) is 105 cm³/mol. The lowest BCUT2D eigenvalue weighted by Crippen LogP contribution is -2.00. The molecule has 0 aliphatic heterocycles. The second-order valence-electron chi connectivity index (χ2n) is 5.82. The molecular weight excluding hydrogens is 344 g/mol. The van der Waals surface area contributed by atoms with E-state index in [0.717, 1.165) is 33.1 Å². The fraction of sp³-hybridized carbons (Fsp3) is 0.0500. The van der Waals surface area contributed by atoms with Crippen LogP contribution < -0.4 is 5.32 Å². The van der Waals surface area contributed by atoms with Crippen molar-refractivity contribution in [1.82, 2.24) is 15.0 Å². The van der Waals surface area contributed by atoms with E-state index in [0.29, 0.717) is 5.95 Å². The summed E-state index contributed by atoms with van der Waals surface area (Å²) in [6, 6.07) is 15.1. The number of phenolic OH excluding ortho intramolecular Hbond substituents is 1. The Morgan fingerprint density at radius 3 is 2.62 bits per heavy atom. The molecule has 0 saturated heterocycles. The van der Waals surface area contributed by atoms with Crippen LogP contribution in [0.25, 0.3) is 21.8 Å². The van der Waals surface area contributed by atoms with Gasteiger partial charge in [-0.3, -0.25) is 0 Å². The zero-order chi connectivity index (χ0) is 17.9. The van der Waals surface area contributed by atoms with Crippen LogP contribution in [-0.2, 0) is 0 Å². The molecule has 0 fully saturated rings. The molecule has 6 heteroatoms. The summed E-state index contributed by atoms with van der Waals surface area (Å²) in [6.45, 7) is 1.98. The molecule has 0 radical (unpaired) electrons. The third kappa shape index (κ3) is 3.41. The van der Waals surface area contributed by atoms with Crippen LogP contribution in [-0.4, -0.2) is 20.1 Å². The summed E-state index contributed by atoms with van der Waals surface area (Å²) < 4.78 is 0. The Morgan fingerprint density at radius 2 is 1.85 bits per heavy atom. The van der Waals surface area contributed by atoms with Crippen molar-refractivity contribution >= 4 is 23.0 Å². The van der Waals surface area contributed by atoms with Crippen molar-refractivity contribution in [3.63, 3.8) is 0 Å². The second kappa shape index (κ2) is 6.93. The molecule has 26 heavy (non-hydrogen) atoms. The number of nitrogens with zero attached hydrogens (tertiary/aromatic N) is 3. The average Bonchev–Trinajstić information content (AvgIpc) is 3.19. The van der Waals surface area contributed by atoms with Gasteiger partial charge >= 0.3 is 0 Å². The van der Waals surface area contributed by atoms with Crippen molar-refractivity contribution < 1.29 is 5.11 Å². The smallest absolute Gasteiger partial charge is 0.227 e. The molecule has 0 aliphatic carbocycles. The zero-order valence-corrected chi connectivity index (χ0v) is 14.9. The molecule has 0 unspecified atom stereocenters. The van der Waals surface area contributed by atoms with Gasteiger partial charge in [0.05, 0.1) is 0 Å². The minimum Gasteiger partial charge on any atom is -0.508 e. The van der Waals surface area contributed by atoms with Crippen LogP contribution in [0.1, 0.15) is 5.56 Å². The number of phenols is 1. The molecule has 2 aromatic heterocycles. The standard InChI is InChI=1S/C20H16N4OS/c1-13-12-22-20(24-18(13)19-21-9-10-26-19)23-16-4-2-3-15(11-16)14-5-7-17(25)8-6-14/h2-12,25H,1H3,(H,22,23,24). The summed E-state index contributed by atoms with van der Waals surface area (Å²) >= 11 is 1.56. The van der Waals surface area contributed by atoms with Gasteiger partial charge in [0.25, 0.3) is 0 Å². The third-order valence-corrected chi connectivity index (χ3v) is 4.71. The van der Waals surface area contributed by atoms with Crippen LogP contribution in [0.15, 0.2) is 66.3 Å². The quantitative estimate of drug-likeness (QED) is 0.534. The highest BCUT2D eigenvalue weighted by molar-refractivity contribution is 7.13. The number of thiazole rings is 1. The monoisotopic (exact) mass is 360 g/mol. The van der Waals surface area contributed by atoms with Gasteiger partial charge < -0.3 is 10.4 Å². The van der Waals surface area contributed by atoms with E-state index in [1.165, 1.54) is 0 Å². The summed E-state index contributed by atoms with van der Waals surface area (Å²) in [7, 11) is 0. The third-order valence-electron chi connectivity index (χ3n) is 3.93.